The summed E-state index contributed by atoms with van der Waals surface area (Å²) in [4.78, 5) is 18.4. The Hall–Kier alpha value is -2.40. The first-order valence-corrected chi connectivity index (χ1v) is 8.32. The van der Waals surface area contributed by atoms with Gasteiger partial charge in [-0.05, 0) is 17.7 Å². The Balaban J connectivity index is 1.87. The number of amides is 1. The Kier molecular flexibility index (Phi) is 4.57. The van der Waals surface area contributed by atoms with Gasteiger partial charge in [0.2, 0.25) is 5.91 Å². The van der Waals surface area contributed by atoms with Crippen LogP contribution in [0.4, 0.5) is 5.13 Å². The Morgan fingerprint density at radius 2 is 1.83 bits per heavy atom. The fourth-order valence-electron chi connectivity index (χ4n) is 2.38. The van der Waals surface area contributed by atoms with Crippen LogP contribution in [0.1, 0.15) is 18.0 Å². The number of nitrogens with one attached hydrogen (secondary N) is 1. The molecule has 0 aliphatic carbocycles. The predicted octanol–water partition coefficient (Wildman–Crippen LogP) is 3.93. The minimum atomic E-state index is -0.0911. The van der Waals surface area contributed by atoms with Crippen molar-refractivity contribution in [3.8, 4) is 0 Å². The van der Waals surface area contributed by atoms with Gasteiger partial charge in [-0.1, -0.05) is 53.8 Å². The molecule has 0 fully saturated rings. The van der Waals surface area contributed by atoms with Gasteiger partial charge in [0.15, 0.2) is 5.13 Å². The summed E-state index contributed by atoms with van der Waals surface area (Å²) < 4.78 is 1.14. The van der Waals surface area contributed by atoms with E-state index in [4.69, 9.17) is 0 Å². The smallest absolute Gasteiger partial charge is 0.224 e. The minimum Gasteiger partial charge on any atom is -0.354 e. The number of thiazole rings is 1. The highest BCUT2D eigenvalue weighted by Crippen LogP contribution is 2.30. The maximum Gasteiger partial charge on any atom is 0.224 e. The summed E-state index contributed by atoms with van der Waals surface area (Å²) in [7, 11) is 3.56. The highest BCUT2D eigenvalue weighted by Gasteiger charge is 2.18. The first kappa shape index (κ1) is 15.5. The molecule has 4 nitrogen and oxygen atoms in total. The molecule has 2 aromatic carbocycles. The van der Waals surface area contributed by atoms with E-state index >= 15 is 0 Å². The standard InChI is InChI=1S/C18H19N3OS/c1-21(2)17(22)12-15(13-8-4-3-5-9-13)20-18-19-14-10-6-7-11-16(14)23-18/h3-11,15H,12H2,1-2H3,(H,19,20). The van der Waals surface area contributed by atoms with Crippen LogP contribution in [0.15, 0.2) is 54.6 Å². The first-order valence-electron chi connectivity index (χ1n) is 7.50. The van der Waals surface area contributed by atoms with Crippen LogP contribution in [0.2, 0.25) is 0 Å². The quantitative estimate of drug-likeness (QED) is 0.773. The molecule has 1 heterocycles. The summed E-state index contributed by atoms with van der Waals surface area (Å²) in [6.45, 7) is 0. The molecular formula is C18H19N3OS. The van der Waals surface area contributed by atoms with Crippen LogP contribution < -0.4 is 5.32 Å². The molecule has 0 spiro atoms. The molecule has 5 heteroatoms. The molecule has 23 heavy (non-hydrogen) atoms. The number of fused-ring (bicyclic) bond motifs is 1. The van der Waals surface area contributed by atoms with Crippen LogP contribution in [0, 0.1) is 0 Å². The molecule has 1 amide bonds. The van der Waals surface area contributed by atoms with Gasteiger partial charge in [-0.15, -0.1) is 0 Å². The zero-order valence-electron chi connectivity index (χ0n) is 13.2. The van der Waals surface area contributed by atoms with Gasteiger partial charge in [0, 0.05) is 14.1 Å². The topological polar surface area (TPSA) is 45.2 Å². The van der Waals surface area contributed by atoms with Gasteiger partial charge >= 0.3 is 0 Å². The summed E-state index contributed by atoms with van der Waals surface area (Å²) >= 11 is 1.61. The number of benzene rings is 2. The SMILES string of the molecule is CN(C)C(=O)CC(Nc1nc2ccccc2s1)c1ccccc1. The number of anilines is 1. The molecule has 0 aliphatic rings. The highest BCUT2D eigenvalue weighted by molar-refractivity contribution is 7.22. The second-order valence-electron chi connectivity index (χ2n) is 5.59. The molecule has 1 N–H and O–H groups in total. The maximum absolute atomic E-state index is 12.2. The Morgan fingerprint density at radius 1 is 1.13 bits per heavy atom. The number of carbonyl (C=O) groups is 1. The van der Waals surface area contributed by atoms with Gasteiger partial charge in [-0.3, -0.25) is 4.79 Å². The normalized spacial score (nSPS) is 12.1. The van der Waals surface area contributed by atoms with Gasteiger partial charge < -0.3 is 10.2 Å². The molecule has 0 saturated heterocycles. The van der Waals surface area contributed by atoms with Crippen molar-refractivity contribution in [2.24, 2.45) is 0 Å². The van der Waals surface area contributed by atoms with Crippen LogP contribution in [0.25, 0.3) is 10.2 Å². The zero-order chi connectivity index (χ0) is 16.2. The average Bonchev–Trinajstić information content (AvgIpc) is 2.97. The largest absolute Gasteiger partial charge is 0.354 e. The van der Waals surface area contributed by atoms with E-state index in [1.54, 1.807) is 30.3 Å². The molecule has 1 aromatic heterocycles. The predicted molar refractivity (Wildman–Crippen MR) is 95.7 cm³/mol. The molecule has 3 aromatic rings. The Labute approximate surface area is 139 Å². The number of hydrogen-bond acceptors (Lipinski definition) is 4. The summed E-state index contributed by atoms with van der Waals surface area (Å²) in [5.41, 5.74) is 2.06. The zero-order valence-corrected chi connectivity index (χ0v) is 14.0. The van der Waals surface area contributed by atoms with Crippen molar-refractivity contribution >= 4 is 32.6 Å². The average molecular weight is 325 g/mol. The van der Waals surface area contributed by atoms with Crippen LogP contribution in [-0.2, 0) is 4.79 Å². The van der Waals surface area contributed by atoms with Gasteiger partial charge in [-0.2, -0.15) is 0 Å². The second kappa shape index (κ2) is 6.79. The molecule has 0 bridgehead atoms. The van der Waals surface area contributed by atoms with Crippen LogP contribution in [0.5, 0.6) is 0 Å². The number of aromatic nitrogens is 1. The number of carbonyl (C=O) groups excluding carboxylic acids is 1. The minimum absolute atomic E-state index is 0.0902. The van der Waals surface area contributed by atoms with E-state index in [0.29, 0.717) is 6.42 Å². The van der Waals surface area contributed by atoms with Crippen molar-refractivity contribution in [3.63, 3.8) is 0 Å². The summed E-state index contributed by atoms with van der Waals surface area (Å²) in [5.74, 6) is 0.0902. The van der Waals surface area contributed by atoms with E-state index in [2.05, 4.69) is 16.4 Å². The molecule has 118 valence electrons. The van der Waals surface area contributed by atoms with Crippen LogP contribution >= 0.6 is 11.3 Å². The van der Waals surface area contributed by atoms with Gasteiger partial charge in [0.25, 0.3) is 0 Å². The lowest BCUT2D eigenvalue weighted by Crippen LogP contribution is -2.26. The number of nitrogens with zero attached hydrogens (tertiary/aromatic N) is 2. The third kappa shape index (κ3) is 3.68. The Morgan fingerprint density at radius 3 is 2.52 bits per heavy atom. The van der Waals surface area contributed by atoms with Gasteiger partial charge in [0.1, 0.15) is 0 Å². The number of para-hydroxylation sites is 1. The molecule has 1 unspecified atom stereocenters. The van der Waals surface area contributed by atoms with Crippen molar-refractivity contribution in [2.45, 2.75) is 12.5 Å². The summed E-state index contributed by atoms with van der Waals surface area (Å²) in [5, 5.41) is 4.27. The van der Waals surface area contributed by atoms with Crippen LogP contribution in [0.3, 0.4) is 0 Å². The molecular weight excluding hydrogens is 306 g/mol. The maximum atomic E-state index is 12.2. The summed E-state index contributed by atoms with van der Waals surface area (Å²) in [6.07, 6.45) is 0.396. The van der Waals surface area contributed by atoms with E-state index in [-0.39, 0.29) is 11.9 Å². The third-order valence-corrected chi connectivity index (χ3v) is 4.64. The fraction of sp³-hybridized carbons (Fsp3) is 0.222. The van der Waals surface area contributed by atoms with Crippen LogP contribution in [-0.4, -0.2) is 29.9 Å². The molecule has 0 saturated carbocycles. The number of hydrogen-bond donors (Lipinski definition) is 1. The van der Waals surface area contributed by atoms with E-state index in [9.17, 15) is 4.79 Å². The first-order chi connectivity index (χ1) is 11.1. The van der Waals surface area contributed by atoms with Crippen molar-refractivity contribution in [2.75, 3.05) is 19.4 Å². The van der Waals surface area contributed by atoms with E-state index < -0.39 is 0 Å². The number of rotatable bonds is 5. The van der Waals surface area contributed by atoms with Crippen molar-refractivity contribution in [1.29, 1.82) is 0 Å². The van der Waals surface area contributed by atoms with E-state index in [0.717, 1.165) is 20.9 Å². The van der Waals surface area contributed by atoms with Crippen molar-refractivity contribution in [3.05, 3.63) is 60.2 Å². The fourth-order valence-corrected chi connectivity index (χ4v) is 3.30. The Bertz CT molecular complexity index is 765. The van der Waals surface area contributed by atoms with Gasteiger partial charge in [-0.25, -0.2) is 4.98 Å². The molecule has 3 rings (SSSR count). The monoisotopic (exact) mass is 325 g/mol. The molecule has 0 radical (unpaired) electrons. The lowest BCUT2D eigenvalue weighted by atomic mass is 10.0. The second-order valence-corrected chi connectivity index (χ2v) is 6.62. The van der Waals surface area contributed by atoms with Gasteiger partial charge in [0.05, 0.1) is 22.7 Å². The molecule has 1 atom stereocenters. The summed E-state index contributed by atoms with van der Waals surface area (Å²) in [6, 6.07) is 18.0. The van der Waals surface area contributed by atoms with E-state index in [1.165, 1.54) is 0 Å². The van der Waals surface area contributed by atoms with Crippen molar-refractivity contribution < 1.29 is 4.79 Å². The van der Waals surface area contributed by atoms with Crippen molar-refractivity contribution in [1.82, 2.24) is 9.88 Å². The lowest BCUT2D eigenvalue weighted by Gasteiger charge is -2.20. The third-order valence-electron chi connectivity index (χ3n) is 3.67. The molecule has 0 aliphatic heterocycles. The van der Waals surface area contributed by atoms with E-state index in [1.807, 2.05) is 48.5 Å². The highest BCUT2D eigenvalue weighted by atomic mass is 32.1. The lowest BCUT2D eigenvalue weighted by molar-refractivity contribution is -0.128.